The molecule has 0 unspecified atom stereocenters. The van der Waals surface area contributed by atoms with Crippen LogP contribution in [0.4, 0.5) is 0 Å². The third-order valence-electron chi connectivity index (χ3n) is 5.48. The number of allylic oxidation sites excluding steroid dienone is 1. The van der Waals surface area contributed by atoms with Crippen molar-refractivity contribution in [2.75, 3.05) is 28.4 Å². The molecular formula is C27H24O8. The molecule has 1 aliphatic rings. The van der Waals surface area contributed by atoms with Crippen molar-refractivity contribution in [3.8, 4) is 34.5 Å². The van der Waals surface area contributed by atoms with Gasteiger partial charge in [0.25, 0.3) is 0 Å². The average molecular weight is 476 g/mol. The average Bonchev–Trinajstić information content (AvgIpc) is 3.18. The lowest BCUT2D eigenvalue weighted by Crippen LogP contribution is -2.09. The van der Waals surface area contributed by atoms with Crippen molar-refractivity contribution in [3.05, 3.63) is 76.5 Å². The monoisotopic (exact) mass is 476 g/mol. The zero-order valence-corrected chi connectivity index (χ0v) is 20.0. The van der Waals surface area contributed by atoms with Crippen LogP contribution in [0.25, 0.3) is 6.08 Å². The van der Waals surface area contributed by atoms with E-state index in [1.807, 2.05) is 0 Å². The summed E-state index contributed by atoms with van der Waals surface area (Å²) in [7, 11) is 6.08. The maximum atomic E-state index is 13.0. The first kappa shape index (κ1) is 23.7. The van der Waals surface area contributed by atoms with Gasteiger partial charge in [0.2, 0.25) is 5.78 Å². The smallest absolute Gasteiger partial charge is 0.343 e. The Hall–Kier alpha value is -4.46. The molecule has 0 aromatic heterocycles. The molecule has 0 atom stereocenters. The number of ether oxygens (including phenoxy) is 6. The Bertz CT molecular complexity index is 1340. The summed E-state index contributed by atoms with van der Waals surface area (Å²) in [5.41, 5.74) is 2.03. The summed E-state index contributed by atoms with van der Waals surface area (Å²) in [5.74, 6) is 1.89. The molecular weight excluding hydrogens is 452 g/mol. The Morgan fingerprint density at radius 3 is 2.09 bits per heavy atom. The molecule has 0 radical (unpaired) electrons. The molecule has 4 rings (SSSR count). The zero-order chi connectivity index (χ0) is 25.1. The van der Waals surface area contributed by atoms with E-state index in [0.29, 0.717) is 45.4 Å². The van der Waals surface area contributed by atoms with E-state index in [-0.39, 0.29) is 22.9 Å². The third-order valence-corrected chi connectivity index (χ3v) is 5.48. The maximum absolute atomic E-state index is 13.0. The Balaban J connectivity index is 1.58. The second-order valence-electron chi connectivity index (χ2n) is 7.63. The Labute approximate surface area is 202 Å². The lowest BCUT2D eigenvalue weighted by molar-refractivity contribution is 0.0734. The van der Waals surface area contributed by atoms with Crippen molar-refractivity contribution in [2.24, 2.45) is 0 Å². The highest BCUT2D eigenvalue weighted by Gasteiger charge is 2.30. The molecule has 1 heterocycles. The van der Waals surface area contributed by atoms with Crippen LogP contribution in [0, 0.1) is 6.92 Å². The van der Waals surface area contributed by atoms with E-state index in [1.54, 1.807) is 56.5 Å². The Kier molecular flexibility index (Phi) is 6.64. The van der Waals surface area contributed by atoms with Gasteiger partial charge in [-0.3, -0.25) is 4.79 Å². The van der Waals surface area contributed by atoms with E-state index < -0.39 is 5.97 Å². The number of carbonyl (C=O) groups is 2. The van der Waals surface area contributed by atoms with Crippen LogP contribution in [0.3, 0.4) is 0 Å². The summed E-state index contributed by atoms with van der Waals surface area (Å²) < 4.78 is 32.4. The van der Waals surface area contributed by atoms with Crippen LogP contribution in [-0.2, 0) is 0 Å². The van der Waals surface area contributed by atoms with E-state index in [4.69, 9.17) is 28.4 Å². The number of carbonyl (C=O) groups excluding carboxylic acids is 2. The topological polar surface area (TPSA) is 89.5 Å². The van der Waals surface area contributed by atoms with Crippen LogP contribution in [0.15, 0.2) is 54.3 Å². The molecule has 0 saturated carbocycles. The van der Waals surface area contributed by atoms with Gasteiger partial charge in [0.15, 0.2) is 28.8 Å². The number of aryl methyl sites for hydroxylation is 1. The minimum absolute atomic E-state index is 0.152. The van der Waals surface area contributed by atoms with Crippen LogP contribution >= 0.6 is 0 Å². The fraction of sp³-hybridized carbons (Fsp3) is 0.185. The minimum Gasteiger partial charge on any atom is -0.493 e. The molecule has 8 nitrogen and oxygen atoms in total. The molecule has 0 N–H and O–H groups in total. The first-order chi connectivity index (χ1) is 16.9. The molecule has 0 amide bonds. The molecule has 3 aromatic carbocycles. The summed E-state index contributed by atoms with van der Waals surface area (Å²) in [6.07, 6.45) is 1.62. The number of hydrogen-bond acceptors (Lipinski definition) is 8. The van der Waals surface area contributed by atoms with Gasteiger partial charge in [-0.25, -0.2) is 4.79 Å². The van der Waals surface area contributed by atoms with Crippen LogP contribution in [0.1, 0.15) is 31.8 Å². The predicted octanol–water partition coefficient (Wildman–Crippen LogP) is 4.86. The molecule has 1 aliphatic heterocycles. The number of methoxy groups -OCH3 is 4. The standard InChI is InChI=1S/C27H24O8/c1-15-10-18(34-27(29)17-7-9-20(31-3)22(13-17)33-5)14-23-25(15)26(28)24(35-23)12-16-6-8-19(30-2)21(11-16)32-4/h6-14H,1-5H3/b24-12-. The van der Waals surface area contributed by atoms with E-state index >= 15 is 0 Å². The summed E-state index contributed by atoms with van der Waals surface area (Å²) >= 11 is 0. The first-order valence-corrected chi connectivity index (χ1v) is 10.6. The van der Waals surface area contributed by atoms with Crippen LogP contribution in [-0.4, -0.2) is 40.2 Å². The molecule has 0 spiro atoms. The van der Waals surface area contributed by atoms with Gasteiger partial charge in [0.05, 0.1) is 39.6 Å². The molecule has 0 fully saturated rings. The highest BCUT2D eigenvalue weighted by molar-refractivity contribution is 6.15. The van der Waals surface area contributed by atoms with Crippen LogP contribution < -0.4 is 28.4 Å². The number of esters is 1. The van der Waals surface area contributed by atoms with Gasteiger partial charge in [0, 0.05) is 6.07 Å². The molecule has 0 aliphatic carbocycles. The predicted molar refractivity (Wildman–Crippen MR) is 128 cm³/mol. The van der Waals surface area contributed by atoms with E-state index in [0.717, 1.165) is 0 Å². The summed E-state index contributed by atoms with van der Waals surface area (Å²) in [6, 6.07) is 13.2. The second kappa shape index (κ2) is 9.80. The third kappa shape index (κ3) is 4.63. The molecule has 0 bridgehead atoms. The van der Waals surface area contributed by atoms with Crippen molar-refractivity contribution >= 4 is 17.8 Å². The number of ketones is 1. The molecule has 8 heteroatoms. The Morgan fingerprint density at radius 2 is 1.43 bits per heavy atom. The minimum atomic E-state index is -0.587. The SMILES string of the molecule is COc1ccc(/C=C2\Oc3cc(OC(=O)c4ccc(OC)c(OC)c4)cc(C)c3C2=O)cc1OC. The fourth-order valence-corrected chi connectivity index (χ4v) is 3.76. The van der Waals surface area contributed by atoms with Gasteiger partial charge >= 0.3 is 5.97 Å². The lowest BCUT2D eigenvalue weighted by atomic mass is 10.0. The number of hydrogen-bond donors (Lipinski definition) is 0. The summed E-state index contributed by atoms with van der Waals surface area (Å²) in [4.78, 5) is 25.7. The second-order valence-corrected chi connectivity index (χ2v) is 7.63. The van der Waals surface area contributed by atoms with Gasteiger partial charge in [-0.1, -0.05) is 6.07 Å². The van der Waals surface area contributed by atoms with Gasteiger partial charge in [0.1, 0.15) is 11.5 Å². The van der Waals surface area contributed by atoms with Gasteiger partial charge in [-0.2, -0.15) is 0 Å². The van der Waals surface area contributed by atoms with Crippen LogP contribution in [0.2, 0.25) is 0 Å². The quantitative estimate of drug-likeness (QED) is 0.271. The Morgan fingerprint density at radius 1 is 0.800 bits per heavy atom. The van der Waals surface area contributed by atoms with Crippen molar-refractivity contribution in [2.45, 2.75) is 6.92 Å². The first-order valence-electron chi connectivity index (χ1n) is 10.6. The van der Waals surface area contributed by atoms with Crippen molar-refractivity contribution in [1.82, 2.24) is 0 Å². The summed E-state index contributed by atoms with van der Waals surface area (Å²) in [6.45, 7) is 1.76. The molecule has 35 heavy (non-hydrogen) atoms. The fourth-order valence-electron chi connectivity index (χ4n) is 3.76. The van der Waals surface area contributed by atoms with Crippen molar-refractivity contribution in [1.29, 1.82) is 0 Å². The molecule has 0 saturated heterocycles. The van der Waals surface area contributed by atoms with Crippen LogP contribution in [0.5, 0.6) is 34.5 Å². The number of fused-ring (bicyclic) bond motifs is 1. The zero-order valence-electron chi connectivity index (χ0n) is 20.0. The largest absolute Gasteiger partial charge is 0.493 e. The van der Waals surface area contributed by atoms with E-state index in [2.05, 4.69) is 0 Å². The number of Topliss-reactive ketones (excluding diaryl/α,β-unsaturated/α-hetero) is 1. The summed E-state index contributed by atoms with van der Waals surface area (Å²) in [5, 5.41) is 0. The highest BCUT2D eigenvalue weighted by Crippen LogP contribution is 2.38. The van der Waals surface area contributed by atoms with Crippen molar-refractivity contribution < 1.29 is 38.0 Å². The normalized spacial score (nSPS) is 13.2. The van der Waals surface area contributed by atoms with Gasteiger partial charge in [-0.05, 0) is 60.5 Å². The number of rotatable bonds is 7. The maximum Gasteiger partial charge on any atom is 0.343 e. The van der Waals surface area contributed by atoms with E-state index in [9.17, 15) is 9.59 Å². The van der Waals surface area contributed by atoms with Gasteiger partial charge in [-0.15, -0.1) is 0 Å². The van der Waals surface area contributed by atoms with Crippen molar-refractivity contribution in [3.63, 3.8) is 0 Å². The van der Waals surface area contributed by atoms with E-state index in [1.165, 1.54) is 33.5 Å². The van der Waals surface area contributed by atoms with Gasteiger partial charge < -0.3 is 28.4 Å². The lowest BCUT2D eigenvalue weighted by Gasteiger charge is -2.10. The highest BCUT2D eigenvalue weighted by atomic mass is 16.5. The number of benzene rings is 3. The molecule has 3 aromatic rings. The molecule has 180 valence electrons.